The van der Waals surface area contributed by atoms with Crippen molar-refractivity contribution < 1.29 is 9.50 Å². The Balaban J connectivity index is 2.54. The van der Waals surface area contributed by atoms with Gasteiger partial charge in [-0.25, -0.2) is 4.39 Å². The Morgan fingerprint density at radius 3 is 2.83 bits per heavy atom. The molecule has 0 amide bonds. The highest BCUT2D eigenvalue weighted by atomic mass is 32.1. The summed E-state index contributed by atoms with van der Waals surface area (Å²) >= 11 is 5.13. The normalized spacial score (nSPS) is 11.1. The van der Waals surface area contributed by atoms with Crippen molar-refractivity contribution in [3.8, 4) is 17.1 Å². The molecule has 96 valence electrons. The zero-order valence-electron chi connectivity index (χ0n) is 10.1. The predicted molar refractivity (Wildman–Crippen MR) is 69.3 cm³/mol. The van der Waals surface area contributed by atoms with Gasteiger partial charge in [-0.2, -0.15) is 5.10 Å². The molecule has 0 bridgehead atoms. The quantitative estimate of drug-likeness (QED) is 0.840. The molecule has 2 N–H and O–H groups in total. The first-order chi connectivity index (χ1) is 8.49. The fourth-order valence-electron chi connectivity index (χ4n) is 1.74. The Morgan fingerprint density at radius 1 is 1.50 bits per heavy atom. The van der Waals surface area contributed by atoms with E-state index >= 15 is 0 Å². The molecule has 0 spiro atoms. The standard InChI is InChI=1S/C12H14FN3OS/c1-7(2)6-16-11(14-15-12(16)18)9-4-3-8(17)5-10(9)13/h3-5,7,17H,6H2,1-2H3,(H,15,18). The van der Waals surface area contributed by atoms with Gasteiger partial charge in [0.1, 0.15) is 11.6 Å². The maximum atomic E-state index is 13.8. The minimum Gasteiger partial charge on any atom is -0.508 e. The van der Waals surface area contributed by atoms with Crippen LogP contribution in [0.5, 0.6) is 5.75 Å². The summed E-state index contributed by atoms with van der Waals surface area (Å²) in [5.41, 5.74) is 0.320. The third-order valence-corrected chi connectivity index (χ3v) is 2.81. The van der Waals surface area contributed by atoms with Gasteiger partial charge in [0, 0.05) is 12.6 Å². The number of aromatic amines is 1. The van der Waals surface area contributed by atoms with E-state index in [4.69, 9.17) is 12.2 Å². The van der Waals surface area contributed by atoms with Gasteiger partial charge in [0.2, 0.25) is 0 Å². The molecule has 6 heteroatoms. The van der Waals surface area contributed by atoms with E-state index in [1.54, 1.807) is 4.57 Å². The van der Waals surface area contributed by atoms with Crippen molar-refractivity contribution in [2.45, 2.75) is 20.4 Å². The van der Waals surface area contributed by atoms with E-state index < -0.39 is 5.82 Å². The molecule has 0 radical (unpaired) electrons. The number of rotatable bonds is 3. The van der Waals surface area contributed by atoms with E-state index in [-0.39, 0.29) is 5.75 Å². The van der Waals surface area contributed by atoms with Crippen LogP contribution in [0.1, 0.15) is 13.8 Å². The third-order valence-electron chi connectivity index (χ3n) is 2.50. The summed E-state index contributed by atoms with van der Waals surface area (Å²) in [5, 5.41) is 15.9. The molecule has 0 fully saturated rings. The van der Waals surface area contributed by atoms with Crippen LogP contribution < -0.4 is 0 Å². The summed E-state index contributed by atoms with van der Waals surface area (Å²) in [7, 11) is 0. The zero-order chi connectivity index (χ0) is 13.3. The average Bonchev–Trinajstić information content (AvgIpc) is 2.60. The van der Waals surface area contributed by atoms with E-state index in [0.29, 0.717) is 28.6 Å². The van der Waals surface area contributed by atoms with Crippen LogP contribution in [0.25, 0.3) is 11.4 Å². The summed E-state index contributed by atoms with van der Waals surface area (Å²) in [4.78, 5) is 0. The van der Waals surface area contributed by atoms with Crippen LogP contribution >= 0.6 is 12.2 Å². The minimum atomic E-state index is -0.519. The van der Waals surface area contributed by atoms with Crippen LogP contribution in [-0.2, 0) is 6.54 Å². The number of H-pyrrole nitrogens is 1. The monoisotopic (exact) mass is 267 g/mol. The van der Waals surface area contributed by atoms with Gasteiger partial charge in [-0.05, 0) is 30.3 Å². The van der Waals surface area contributed by atoms with E-state index in [1.807, 2.05) is 13.8 Å². The van der Waals surface area contributed by atoms with E-state index in [0.717, 1.165) is 6.07 Å². The van der Waals surface area contributed by atoms with E-state index in [2.05, 4.69) is 10.2 Å². The molecule has 0 aliphatic rings. The fraction of sp³-hybridized carbons (Fsp3) is 0.333. The molecular weight excluding hydrogens is 253 g/mol. The molecule has 0 saturated carbocycles. The number of nitrogens with zero attached hydrogens (tertiary/aromatic N) is 2. The van der Waals surface area contributed by atoms with Crippen molar-refractivity contribution in [2.24, 2.45) is 5.92 Å². The largest absolute Gasteiger partial charge is 0.508 e. The van der Waals surface area contributed by atoms with Crippen molar-refractivity contribution in [3.63, 3.8) is 0 Å². The van der Waals surface area contributed by atoms with Gasteiger partial charge in [-0.1, -0.05) is 13.8 Å². The molecule has 0 aliphatic heterocycles. The minimum absolute atomic E-state index is 0.110. The number of phenols is 1. The van der Waals surface area contributed by atoms with Crippen LogP contribution in [0.4, 0.5) is 4.39 Å². The summed E-state index contributed by atoms with van der Waals surface area (Å²) in [6.07, 6.45) is 0. The number of halogens is 1. The Kier molecular flexibility index (Phi) is 3.47. The molecule has 0 atom stereocenters. The van der Waals surface area contributed by atoms with E-state index in [9.17, 15) is 9.50 Å². The smallest absolute Gasteiger partial charge is 0.195 e. The summed E-state index contributed by atoms with van der Waals surface area (Å²) in [6.45, 7) is 4.75. The second-order valence-corrected chi connectivity index (χ2v) is 4.91. The third kappa shape index (κ3) is 2.43. The van der Waals surface area contributed by atoms with Gasteiger partial charge in [0.25, 0.3) is 0 Å². The lowest BCUT2D eigenvalue weighted by atomic mass is 10.1. The highest BCUT2D eigenvalue weighted by Crippen LogP contribution is 2.24. The van der Waals surface area contributed by atoms with Crippen molar-refractivity contribution in [2.75, 3.05) is 0 Å². The van der Waals surface area contributed by atoms with Crippen LogP contribution in [0.2, 0.25) is 0 Å². The molecule has 4 nitrogen and oxygen atoms in total. The van der Waals surface area contributed by atoms with Gasteiger partial charge < -0.3 is 5.11 Å². The van der Waals surface area contributed by atoms with Crippen LogP contribution in [0, 0.1) is 16.5 Å². The second-order valence-electron chi connectivity index (χ2n) is 4.52. The topological polar surface area (TPSA) is 53.8 Å². The lowest BCUT2D eigenvalue weighted by molar-refractivity contribution is 0.469. The number of aromatic nitrogens is 3. The molecule has 18 heavy (non-hydrogen) atoms. The highest BCUT2D eigenvalue weighted by Gasteiger charge is 2.14. The van der Waals surface area contributed by atoms with Crippen LogP contribution in [-0.4, -0.2) is 19.9 Å². The zero-order valence-corrected chi connectivity index (χ0v) is 11.0. The van der Waals surface area contributed by atoms with Crippen LogP contribution in [0.15, 0.2) is 18.2 Å². The fourth-order valence-corrected chi connectivity index (χ4v) is 1.95. The van der Waals surface area contributed by atoms with Crippen molar-refractivity contribution in [1.82, 2.24) is 14.8 Å². The van der Waals surface area contributed by atoms with Crippen molar-refractivity contribution >= 4 is 12.2 Å². The molecule has 1 aromatic carbocycles. The first-order valence-corrected chi connectivity index (χ1v) is 6.04. The Labute approximate surface area is 109 Å². The molecule has 2 rings (SSSR count). The first-order valence-electron chi connectivity index (χ1n) is 5.63. The Hall–Kier alpha value is -1.69. The Morgan fingerprint density at radius 2 is 2.22 bits per heavy atom. The molecule has 0 aliphatic carbocycles. The predicted octanol–water partition coefficient (Wildman–Crippen LogP) is 3.11. The van der Waals surface area contributed by atoms with Gasteiger partial charge in [0.05, 0.1) is 5.56 Å². The van der Waals surface area contributed by atoms with Gasteiger partial charge in [-0.15, -0.1) is 0 Å². The number of hydrogen-bond acceptors (Lipinski definition) is 3. The van der Waals surface area contributed by atoms with Crippen LogP contribution in [0.3, 0.4) is 0 Å². The molecule has 1 aromatic heterocycles. The summed E-state index contributed by atoms with van der Waals surface area (Å²) < 4.78 is 16.0. The van der Waals surface area contributed by atoms with Gasteiger partial charge >= 0.3 is 0 Å². The maximum Gasteiger partial charge on any atom is 0.195 e. The molecule has 0 saturated heterocycles. The van der Waals surface area contributed by atoms with Gasteiger partial charge in [0.15, 0.2) is 10.6 Å². The molecular formula is C12H14FN3OS. The van der Waals surface area contributed by atoms with Crippen molar-refractivity contribution in [1.29, 1.82) is 0 Å². The summed E-state index contributed by atoms with van der Waals surface area (Å²) in [5.74, 6) is 0.189. The number of phenolic OH excluding ortho intramolecular Hbond substituents is 1. The van der Waals surface area contributed by atoms with Crippen molar-refractivity contribution in [3.05, 3.63) is 28.8 Å². The number of nitrogens with one attached hydrogen (secondary N) is 1. The SMILES string of the molecule is CC(C)Cn1c(-c2ccc(O)cc2F)n[nH]c1=S. The maximum absolute atomic E-state index is 13.8. The average molecular weight is 267 g/mol. The molecule has 1 heterocycles. The second kappa shape index (κ2) is 4.89. The molecule has 0 unspecified atom stereocenters. The lowest BCUT2D eigenvalue weighted by Gasteiger charge is -2.10. The Bertz CT molecular complexity index is 618. The summed E-state index contributed by atoms with van der Waals surface area (Å²) in [6, 6.07) is 3.98. The lowest BCUT2D eigenvalue weighted by Crippen LogP contribution is -2.07. The van der Waals surface area contributed by atoms with Gasteiger partial charge in [-0.3, -0.25) is 9.67 Å². The number of aromatic hydroxyl groups is 1. The molecule has 2 aromatic rings. The highest BCUT2D eigenvalue weighted by molar-refractivity contribution is 7.71. The number of benzene rings is 1. The number of hydrogen-bond donors (Lipinski definition) is 2. The first kappa shape index (κ1) is 12.8. The van der Waals surface area contributed by atoms with E-state index in [1.165, 1.54) is 12.1 Å².